The standard InChI is InChI=1S/C15H23ClN2Si/c1-14(2,3)17-13(12-10-8-7-9-11-12)18(19(17)16)15(4,5)6/h7-11H,1-6H3/q+1. The number of hydrogen-bond donors (Lipinski definition) is 0. The van der Waals surface area contributed by atoms with Crippen molar-refractivity contribution in [3.8, 4) is 0 Å². The molecule has 0 unspecified atom stereocenters. The van der Waals surface area contributed by atoms with E-state index in [9.17, 15) is 0 Å². The summed E-state index contributed by atoms with van der Waals surface area (Å²) in [4.78, 5) is 0. The van der Waals surface area contributed by atoms with Crippen molar-refractivity contribution in [2.24, 2.45) is 0 Å². The van der Waals surface area contributed by atoms with Gasteiger partial charge in [0, 0.05) is 0 Å². The van der Waals surface area contributed by atoms with Crippen LogP contribution in [0.5, 0.6) is 0 Å². The molecule has 0 N–H and O–H groups in total. The highest BCUT2D eigenvalue weighted by Gasteiger charge is 2.60. The first kappa shape index (κ1) is 14.6. The van der Waals surface area contributed by atoms with E-state index in [1.807, 2.05) is 0 Å². The summed E-state index contributed by atoms with van der Waals surface area (Å²) in [5.41, 5.74) is 1.37. The minimum absolute atomic E-state index is 0.0585. The monoisotopic (exact) mass is 294 g/mol. The third kappa shape index (κ3) is 2.58. The molecule has 0 atom stereocenters. The predicted molar refractivity (Wildman–Crippen MR) is 83.8 cm³/mol. The molecule has 19 heavy (non-hydrogen) atoms. The molecule has 0 spiro atoms. The molecule has 103 valence electrons. The fourth-order valence-corrected chi connectivity index (χ4v) is 6.34. The topological polar surface area (TPSA) is 6.25 Å². The Kier molecular flexibility index (Phi) is 3.56. The Balaban J connectivity index is 2.57. The van der Waals surface area contributed by atoms with E-state index in [0.717, 1.165) is 0 Å². The highest BCUT2D eigenvalue weighted by molar-refractivity contribution is 7.03. The first-order valence-electron chi connectivity index (χ1n) is 6.69. The SMILES string of the molecule is CC(C)(C)N1C(c2ccccc2)=[N+](C(C)(C)C)[Si]1Cl. The van der Waals surface area contributed by atoms with Gasteiger partial charge in [0.2, 0.25) is 0 Å². The van der Waals surface area contributed by atoms with Gasteiger partial charge in [-0.05, 0) is 53.7 Å². The molecule has 0 bridgehead atoms. The lowest BCUT2D eigenvalue weighted by atomic mass is 10.1. The fourth-order valence-electron chi connectivity index (χ4n) is 2.36. The second-order valence-corrected chi connectivity index (χ2v) is 9.42. The van der Waals surface area contributed by atoms with Crippen LogP contribution in [-0.4, -0.2) is 34.1 Å². The zero-order chi connectivity index (χ0) is 14.4. The van der Waals surface area contributed by atoms with Crippen LogP contribution in [0.3, 0.4) is 0 Å². The van der Waals surface area contributed by atoms with E-state index in [0.29, 0.717) is 0 Å². The average molecular weight is 295 g/mol. The van der Waals surface area contributed by atoms with Crippen molar-refractivity contribution in [2.45, 2.75) is 52.6 Å². The van der Waals surface area contributed by atoms with Crippen LogP contribution >= 0.6 is 11.1 Å². The van der Waals surface area contributed by atoms with E-state index in [4.69, 9.17) is 11.1 Å². The number of benzene rings is 1. The summed E-state index contributed by atoms with van der Waals surface area (Å²) in [7, 11) is -1.18. The Hall–Kier alpha value is -0.803. The minimum atomic E-state index is -1.18. The van der Waals surface area contributed by atoms with Crippen LogP contribution in [0.25, 0.3) is 0 Å². The predicted octanol–water partition coefficient (Wildman–Crippen LogP) is 3.58. The molecule has 0 aromatic heterocycles. The van der Waals surface area contributed by atoms with Crippen molar-refractivity contribution in [2.75, 3.05) is 0 Å². The lowest BCUT2D eigenvalue weighted by Gasteiger charge is -2.44. The van der Waals surface area contributed by atoms with Gasteiger partial charge in [0.05, 0.1) is 16.6 Å². The second kappa shape index (κ2) is 4.64. The van der Waals surface area contributed by atoms with Crippen LogP contribution in [-0.2, 0) is 0 Å². The van der Waals surface area contributed by atoms with E-state index in [2.05, 4.69) is 80.7 Å². The minimum Gasteiger partial charge on any atom is -0.254 e. The van der Waals surface area contributed by atoms with Gasteiger partial charge in [0.1, 0.15) is 0 Å². The fraction of sp³-hybridized carbons (Fsp3) is 0.533. The van der Waals surface area contributed by atoms with Gasteiger partial charge in [0.15, 0.2) is 0 Å². The van der Waals surface area contributed by atoms with Crippen LogP contribution in [0.15, 0.2) is 30.3 Å². The van der Waals surface area contributed by atoms with Gasteiger partial charge >= 0.3 is 8.43 Å². The molecule has 1 aliphatic heterocycles. The van der Waals surface area contributed by atoms with Gasteiger partial charge in [-0.15, -0.1) is 0 Å². The van der Waals surface area contributed by atoms with E-state index in [1.54, 1.807) is 0 Å². The molecular formula is C15H23ClN2Si+. The number of hydrogen-bond acceptors (Lipinski definition) is 1. The summed E-state index contributed by atoms with van der Waals surface area (Å²) < 4.78 is 4.78. The van der Waals surface area contributed by atoms with Gasteiger partial charge in [-0.2, -0.15) is 0 Å². The van der Waals surface area contributed by atoms with E-state index in [1.165, 1.54) is 11.4 Å². The smallest absolute Gasteiger partial charge is 0.254 e. The highest BCUT2D eigenvalue weighted by atomic mass is 35.6. The van der Waals surface area contributed by atoms with Gasteiger partial charge < -0.3 is 0 Å². The van der Waals surface area contributed by atoms with Crippen LogP contribution < -0.4 is 0 Å². The molecule has 1 aromatic carbocycles. The number of halogens is 1. The van der Waals surface area contributed by atoms with Crippen LogP contribution in [0.1, 0.15) is 47.1 Å². The Morgan fingerprint density at radius 1 is 1.00 bits per heavy atom. The maximum atomic E-state index is 6.73. The maximum Gasteiger partial charge on any atom is 0.678 e. The largest absolute Gasteiger partial charge is 0.678 e. The molecule has 0 saturated carbocycles. The van der Waals surface area contributed by atoms with Gasteiger partial charge in [-0.1, -0.05) is 29.3 Å². The van der Waals surface area contributed by atoms with Crippen molar-refractivity contribution in [3.05, 3.63) is 35.9 Å². The molecule has 0 fully saturated rings. The van der Waals surface area contributed by atoms with E-state index < -0.39 is 8.43 Å². The van der Waals surface area contributed by atoms with E-state index >= 15 is 0 Å². The molecule has 0 aliphatic carbocycles. The molecule has 1 aromatic rings. The zero-order valence-corrected chi connectivity index (χ0v) is 14.4. The Morgan fingerprint density at radius 2 is 1.53 bits per heavy atom. The molecule has 0 amide bonds. The number of rotatable bonds is 1. The summed E-state index contributed by atoms with van der Waals surface area (Å²) in [6.07, 6.45) is 0. The molecule has 1 heterocycles. The molecule has 2 rings (SSSR count). The Morgan fingerprint density at radius 3 is 1.95 bits per heavy atom. The Labute approximate surface area is 123 Å². The van der Waals surface area contributed by atoms with Crippen molar-refractivity contribution in [1.29, 1.82) is 0 Å². The summed E-state index contributed by atoms with van der Waals surface area (Å²) in [5, 5.41) is 0. The van der Waals surface area contributed by atoms with Crippen LogP contribution in [0, 0.1) is 0 Å². The lowest BCUT2D eigenvalue weighted by Crippen LogP contribution is -2.72. The van der Waals surface area contributed by atoms with Gasteiger partial charge in [-0.3, -0.25) is 8.81 Å². The molecule has 4 heteroatoms. The molecule has 2 nitrogen and oxygen atoms in total. The Bertz CT molecular complexity index is 497. The number of amidine groups is 1. The third-order valence-electron chi connectivity index (χ3n) is 3.17. The van der Waals surface area contributed by atoms with Crippen molar-refractivity contribution in [1.82, 2.24) is 4.57 Å². The van der Waals surface area contributed by atoms with Crippen molar-refractivity contribution in [3.63, 3.8) is 0 Å². The summed E-state index contributed by atoms with van der Waals surface area (Å²) >= 11 is 6.73. The zero-order valence-electron chi connectivity index (χ0n) is 12.7. The molecule has 1 radical (unpaired) electrons. The summed E-state index contributed by atoms with van der Waals surface area (Å²) in [6.45, 7) is 13.4. The highest BCUT2D eigenvalue weighted by Crippen LogP contribution is 2.32. The maximum absolute atomic E-state index is 6.73. The van der Waals surface area contributed by atoms with E-state index in [-0.39, 0.29) is 11.1 Å². The second-order valence-electron chi connectivity index (χ2n) is 6.97. The third-order valence-corrected chi connectivity index (χ3v) is 6.68. The lowest BCUT2D eigenvalue weighted by molar-refractivity contribution is -0.503. The van der Waals surface area contributed by atoms with Gasteiger partial charge in [0.25, 0.3) is 5.84 Å². The number of nitrogens with zero attached hydrogens (tertiary/aromatic N) is 2. The first-order chi connectivity index (χ1) is 8.64. The molecular weight excluding hydrogens is 272 g/mol. The summed E-state index contributed by atoms with van der Waals surface area (Å²) in [6, 6.07) is 10.6. The van der Waals surface area contributed by atoms with Crippen LogP contribution in [0.2, 0.25) is 0 Å². The molecule has 1 aliphatic rings. The quantitative estimate of drug-likeness (QED) is 0.567. The van der Waals surface area contributed by atoms with Crippen molar-refractivity contribution < 1.29 is 4.24 Å². The van der Waals surface area contributed by atoms with Gasteiger partial charge in [-0.25, -0.2) is 0 Å². The van der Waals surface area contributed by atoms with Crippen molar-refractivity contribution >= 4 is 25.3 Å². The van der Waals surface area contributed by atoms with Crippen LogP contribution in [0.4, 0.5) is 0 Å². The first-order valence-corrected chi connectivity index (χ1v) is 9.10. The summed E-state index contributed by atoms with van der Waals surface area (Å²) in [5.74, 6) is 1.27. The molecule has 0 saturated heterocycles. The normalized spacial score (nSPS) is 17.7. The average Bonchev–Trinajstić information content (AvgIpc) is 2.22.